The molecule has 0 amide bonds. The summed E-state index contributed by atoms with van der Waals surface area (Å²) in [5.74, 6) is -2.09. The first kappa shape index (κ1) is 13.6. The van der Waals surface area contributed by atoms with E-state index in [2.05, 4.69) is 0 Å². The van der Waals surface area contributed by atoms with Crippen LogP contribution in [0, 0.1) is 5.92 Å². The Morgan fingerprint density at radius 1 is 1.43 bits per heavy atom. The molecule has 0 fully saturated rings. The van der Waals surface area contributed by atoms with E-state index in [1.54, 1.807) is 0 Å². The summed E-state index contributed by atoms with van der Waals surface area (Å²) in [5, 5.41) is 8.59. The molecule has 0 aliphatic carbocycles. The van der Waals surface area contributed by atoms with Crippen LogP contribution in [0.25, 0.3) is 0 Å². The molecule has 1 atom stereocenters. The Morgan fingerprint density at radius 2 is 2.00 bits per heavy atom. The second-order valence-electron chi connectivity index (χ2n) is 2.70. The third-order valence-electron chi connectivity index (χ3n) is 1.60. The Labute approximate surface area is 83.8 Å². The molecule has 0 aromatic rings. The van der Waals surface area contributed by atoms with Crippen molar-refractivity contribution in [2.45, 2.75) is 18.3 Å². The van der Waals surface area contributed by atoms with Gasteiger partial charge >= 0.3 is 11.5 Å². The zero-order valence-corrected chi connectivity index (χ0v) is 8.20. The number of carboxylic acids is 1. The lowest BCUT2D eigenvalue weighted by atomic mass is 10.0. The van der Waals surface area contributed by atoms with E-state index in [4.69, 9.17) is 10.8 Å². The highest BCUT2D eigenvalue weighted by atomic mass is 32.2. The molecular formula is C7H12F3NO2S. The first-order chi connectivity index (χ1) is 6.37. The van der Waals surface area contributed by atoms with E-state index in [1.165, 1.54) is 0 Å². The highest BCUT2D eigenvalue weighted by molar-refractivity contribution is 8.00. The molecule has 0 radical (unpaired) electrons. The Hall–Kier alpha value is -0.430. The normalized spacial score (nSPS) is 14.0. The third kappa shape index (κ3) is 7.02. The number of carboxylic acid groups (broad SMARTS) is 1. The van der Waals surface area contributed by atoms with Crippen molar-refractivity contribution in [3.05, 3.63) is 0 Å². The van der Waals surface area contributed by atoms with E-state index in [9.17, 15) is 18.0 Å². The maximum atomic E-state index is 11.7. The van der Waals surface area contributed by atoms with Gasteiger partial charge in [0.2, 0.25) is 0 Å². The smallest absolute Gasteiger partial charge is 0.441 e. The number of hydrogen-bond donors (Lipinski definition) is 2. The number of rotatable bonds is 6. The van der Waals surface area contributed by atoms with Gasteiger partial charge in [-0.1, -0.05) is 11.8 Å². The molecule has 0 saturated carbocycles. The topological polar surface area (TPSA) is 63.3 Å². The minimum atomic E-state index is -4.29. The lowest BCUT2D eigenvalue weighted by molar-refractivity contribution is -0.142. The fourth-order valence-corrected chi connectivity index (χ4v) is 1.54. The van der Waals surface area contributed by atoms with Crippen LogP contribution in [0.5, 0.6) is 0 Å². The van der Waals surface area contributed by atoms with Crippen molar-refractivity contribution in [3.8, 4) is 0 Å². The second-order valence-corrected chi connectivity index (χ2v) is 3.86. The van der Waals surface area contributed by atoms with E-state index in [0.29, 0.717) is 0 Å². The van der Waals surface area contributed by atoms with Crippen molar-refractivity contribution in [1.29, 1.82) is 0 Å². The Morgan fingerprint density at radius 3 is 2.36 bits per heavy atom. The molecule has 0 heterocycles. The zero-order valence-electron chi connectivity index (χ0n) is 7.38. The quantitative estimate of drug-likeness (QED) is 0.730. The van der Waals surface area contributed by atoms with Crippen LogP contribution in [0.3, 0.4) is 0 Å². The largest absolute Gasteiger partial charge is 0.481 e. The van der Waals surface area contributed by atoms with Crippen LogP contribution >= 0.6 is 11.8 Å². The summed E-state index contributed by atoms with van der Waals surface area (Å²) >= 11 is -0.199. The highest BCUT2D eigenvalue weighted by Crippen LogP contribution is 2.31. The Balaban J connectivity index is 3.77. The summed E-state index contributed by atoms with van der Waals surface area (Å²) < 4.78 is 35.1. The number of nitrogens with two attached hydrogens (primary N) is 1. The van der Waals surface area contributed by atoms with Crippen molar-refractivity contribution >= 4 is 17.7 Å². The summed E-state index contributed by atoms with van der Waals surface area (Å²) in [6.45, 7) is 0.174. The van der Waals surface area contributed by atoms with Gasteiger partial charge in [0.15, 0.2) is 0 Å². The molecular weight excluding hydrogens is 219 g/mol. The molecule has 0 rings (SSSR count). The summed E-state index contributed by atoms with van der Waals surface area (Å²) in [6.07, 6.45) is 0.213. The minimum Gasteiger partial charge on any atom is -0.481 e. The zero-order chi connectivity index (χ0) is 11.2. The van der Waals surface area contributed by atoms with Gasteiger partial charge < -0.3 is 10.8 Å². The average molecular weight is 231 g/mol. The van der Waals surface area contributed by atoms with Gasteiger partial charge in [0.1, 0.15) is 0 Å². The fraction of sp³-hybridized carbons (Fsp3) is 0.857. The summed E-state index contributed by atoms with van der Waals surface area (Å²) in [7, 11) is 0. The van der Waals surface area contributed by atoms with Gasteiger partial charge in [0, 0.05) is 5.75 Å². The van der Waals surface area contributed by atoms with Crippen LogP contribution in [0.1, 0.15) is 12.8 Å². The number of thioether (sulfide) groups is 1. The molecule has 0 spiro atoms. The van der Waals surface area contributed by atoms with E-state index < -0.39 is 17.4 Å². The van der Waals surface area contributed by atoms with Crippen LogP contribution < -0.4 is 5.73 Å². The SMILES string of the molecule is NCCC(CCSC(F)(F)F)C(=O)O. The molecule has 0 bridgehead atoms. The molecule has 14 heavy (non-hydrogen) atoms. The van der Waals surface area contributed by atoms with Gasteiger partial charge in [-0.25, -0.2) is 0 Å². The number of aliphatic carboxylic acids is 1. The van der Waals surface area contributed by atoms with Crippen molar-refractivity contribution in [3.63, 3.8) is 0 Å². The molecule has 1 unspecified atom stereocenters. The molecule has 0 saturated heterocycles. The van der Waals surface area contributed by atoms with E-state index >= 15 is 0 Å². The maximum Gasteiger partial charge on any atom is 0.441 e. The second kappa shape index (κ2) is 6.13. The molecule has 7 heteroatoms. The van der Waals surface area contributed by atoms with Crippen molar-refractivity contribution < 1.29 is 23.1 Å². The van der Waals surface area contributed by atoms with Crippen LogP contribution in [-0.2, 0) is 4.79 Å². The monoisotopic (exact) mass is 231 g/mol. The molecule has 3 nitrogen and oxygen atoms in total. The van der Waals surface area contributed by atoms with E-state index in [1.807, 2.05) is 0 Å². The molecule has 0 aliphatic rings. The fourth-order valence-electron chi connectivity index (χ4n) is 0.909. The van der Waals surface area contributed by atoms with Crippen LogP contribution in [-0.4, -0.2) is 28.9 Å². The summed E-state index contributed by atoms with van der Waals surface area (Å²) in [4.78, 5) is 10.5. The lowest BCUT2D eigenvalue weighted by Gasteiger charge is -2.11. The predicted molar refractivity (Wildman–Crippen MR) is 47.9 cm³/mol. The first-order valence-electron chi connectivity index (χ1n) is 4.00. The van der Waals surface area contributed by atoms with Gasteiger partial charge in [0.05, 0.1) is 5.92 Å². The molecule has 0 aromatic carbocycles. The highest BCUT2D eigenvalue weighted by Gasteiger charge is 2.28. The first-order valence-corrected chi connectivity index (χ1v) is 4.99. The average Bonchev–Trinajstić information content (AvgIpc) is 2.00. The number of alkyl halides is 3. The van der Waals surface area contributed by atoms with E-state index in [-0.39, 0.29) is 36.9 Å². The molecule has 3 N–H and O–H groups in total. The number of halogens is 3. The van der Waals surface area contributed by atoms with Crippen molar-refractivity contribution in [1.82, 2.24) is 0 Å². The molecule has 0 aliphatic heterocycles. The van der Waals surface area contributed by atoms with Gasteiger partial charge in [-0.2, -0.15) is 13.2 Å². The van der Waals surface area contributed by atoms with E-state index in [0.717, 1.165) is 0 Å². The summed E-state index contributed by atoms with van der Waals surface area (Å²) in [6, 6.07) is 0. The maximum absolute atomic E-state index is 11.7. The van der Waals surface area contributed by atoms with Crippen molar-refractivity contribution in [2.24, 2.45) is 11.7 Å². The van der Waals surface area contributed by atoms with Gasteiger partial charge in [-0.3, -0.25) is 4.79 Å². The predicted octanol–water partition coefficient (Wildman–Crippen LogP) is 1.68. The number of carbonyl (C=O) groups is 1. The van der Waals surface area contributed by atoms with Crippen molar-refractivity contribution in [2.75, 3.05) is 12.3 Å². The van der Waals surface area contributed by atoms with Crippen LogP contribution in [0.4, 0.5) is 13.2 Å². The third-order valence-corrected chi connectivity index (χ3v) is 2.36. The molecule has 0 aromatic heterocycles. The lowest BCUT2D eigenvalue weighted by Crippen LogP contribution is -2.19. The summed E-state index contributed by atoms with van der Waals surface area (Å²) in [5.41, 5.74) is 0.846. The van der Waals surface area contributed by atoms with Gasteiger partial charge in [-0.15, -0.1) is 0 Å². The van der Waals surface area contributed by atoms with Crippen LogP contribution in [0.15, 0.2) is 0 Å². The molecule has 84 valence electrons. The van der Waals surface area contributed by atoms with Gasteiger partial charge in [0.25, 0.3) is 0 Å². The Kier molecular flexibility index (Phi) is 5.94. The minimum absolute atomic E-state index is 0.00326. The van der Waals surface area contributed by atoms with Crippen LogP contribution in [0.2, 0.25) is 0 Å². The van der Waals surface area contributed by atoms with Gasteiger partial charge in [-0.05, 0) is 19.4 Å². The number of hydrogen-bond acceptors (Lipinski definition) is 3. The standard InChI is InChI=1S/C7H12F3NO2S/c8-7(9,10)14-4-2-5(1-3-11)6(12)13/h5H,1-4,11H2,(H,12,13). The Bertz CT molecular complexity index is 186.